The van der Waals surface area contributed by atoms with E-state index in [1.165, 1.54) is 0 Å². The van der Waals surface area contributed by atoms with Crippen LogP contribution >= 0.6 is 0 Å². The molecule has 1 N–H and O–H groups in total. The van der Waals surface area contributed by atoms with Gasteiger partial charge in [-0.05, 0) is 30.7 Å². The van der Waals surface area contributed by atoms with E-state index < -0.39 is 22.6 Å². The first-order valence-corrected chi connectivity index (χ1v) is 8.97. The second-order valence-electron chi connectivity index (χ2n) is 6.11. The third-order valence-corrected chi connectivity index (χ3v) is 5.28. The summed E-state index contributed by atoms with van der Waals surface area (Å²) in [5, 5.41) is 3.18. The Labute approximate surface area is 124 Å². The van der Waals surface area contributed by atoms with Crippen LogP contribution < -0.4 is 5.32 Å². The van der Waals surface area contributed by atoms with Gasteiger partial charge in [-0.1, -0.05) is 13.8 Å². The Morgan fingerprint density at radius 1 is 1.29 bits per heavy atom. The minimum atomic E-state index is -4.35. The van der Waals surface area contributed by atoms with Gasteiger partial charge in [0.05, 0.1) is 18.1 Å². The van der Waals surface area contributed by atoms with Gasteiger partial charge in [0.1, 0.15) is 6.61 Å². The van der Waals surface area contributed by atoms with E-state index in [4.69, 9.17) is 4.74 Å². The third-order valence-electron chi connectivity index (χ3n) is 3.49. The molecule has 0 bridgehead atoms. The number of hydrogen-bond acceptors (Lipinski definition) is 4. The molecule has 1 fully saturated rings. The van der Waals surface area contributed by atoms with Gasteiger partial charge in [-0.3, -0.25) is 0 Å². The van der Waals surface area contributed by atoms with Gasteiger partial charge >= 0.3 is 6.18 Å². The first-order valence-electron chi connectivity index (χ1n) is 7.14. The van der Waals surface area contributed by atoms with E-state index in [2.05, 4.69) is 5.32 Å². The average Bonchev–Trinajstić information content (AvgIpc) is 2.65. The van der Waals surface area contributed by atoms with E-state index in [0.717, 1.165) is 6.54 Å². The highest BCUT2D eigenvalue weighted by molar-refractivity contribution is 7.91. The van der Waals surface area contributed by atoms with Crippen LogP contribution in [0.1, 0.15) is 20.3 Å². The Balaban J connectivity index is 2.49. The lowest BCUT2D eigenvalue weighted by Crippen LogP contribution is -2.35. The summed E-state index contributed by atoms with van der Waals surface area (Å²) >= 11 is 0. The van der Waals surface area contributed by atoms with E-state index in [9.17, 15) is 21.6 Å². The van der Waals surface area contributed by atoms with Crippen LogP contribution in [0.25, 0.3) is 0 Å². The van der Waals surface area contributed by atoms with Crippen molar-refractivity contribution in [2.75, 3.05) is 37.8 Å². The molecule has 1 saturated heterocycles. The number of hydrogen-bond donors (Lipinski definition) is 1. The van der Waals surface area contributed by atoms with Crippen molar-refractivity contribution >= 4 is 9.84 Å². The van der Waals surface area contributed by atoms with Crippen molar-refractivity contribution in [3.63, 3.8) is 0 Å². The minimum absolute atomic E-state index is 0.0520. The third kappa shape index (κ3) is 8.01. The summed E-state index contributed by atoms with van der Waals surface area (Å²) in [7, 11) is -3.04. The van der Waals surface area contributed by atoms with Gasteiger partial charge in [0.25, 0.3) is 0 Å². The molecule has 1 aliphatic heterocycles. The lowest BCUT2D eigenvalue weighted by Gasteiger charge is -2.24. The molecule has 0 aliphatic carbocycles. The van der Waals surface area contributed by atoms with Crippen molar-refractivity contribution in [2.24, 2.45) is 17.8 Å². The summed E-state index contributed by atoms with van der Waals surface area (Å²) in [6, 6.07) is 0. The molecule has 0 aromatic heterocycles. The van der Waals surface area contributed by atoms with Gasteiger partial charge in [-0.2, -0.15) is 13.2 Å². The van der Waals surface area contributed by atoms with Crippen LogP contribution in [0.3, 0.4) is 0 Å². The van der Waals surface area contributed by atoms with Crippen molar-refractivity contribution in [1.82, 2.24) is 5.32 Å². The first kappa shape index (κ1) is 18.7. The van der Waals surface area contributed by atoms with Gasteiger partial charge in [0.2, 0.25) is 0 Å². The standard InChI is InChI=1S/C13H24F3NO3S/c1-10(2)5-17-6-12(7-20-9-13(14,15)16)11-3-4-21(18,19)8-11/h10-12,17H,3-9H2,1-2H3. The quantitative estimate of drug-likeness (QED) is 0.738. The number of sulfone groups is 1. The number of nitrogens with one attached hydrogen (secondary N) is 1. The van der Waals surface area contributed by atoms with E-state index >= 15 is 0 Å². The molecule has 0 aromatic rings. The first-order chi connectivity index (χ1) is 9.59. The van der Waals surface area contributed by atoms with Crippen LogP contribution in [0, 0.1) is 17.8 Å². The summed E-state index contributed by atoms with van der Waals surface area (Å²) in [6.07, 6.45) is -3.84. The van der Waals surface area contributed by atoms with E-state index in [1.807, 2.05) is 13.8 Å². The Morgan fingerprint density at radius 2 is 1.95 bits per heavy atom. The molecular formula is C13H24F3NO3S. The predicted molar refractivity (Wildman–Crippen MR) is 74.8 cm³/mol. The largest absolute Gasteiger partial charge is 0.411 e. The number of halogens is 3. The average molecular weight is 331 g/mol. The molecule has 0 radical (unpaired) electrons. The molecule has 1 aliphatic rings. The normalized spacial score (nSPS) is 23.6. The van der Waals surface area contributed by atoms with Crippen molar-refractivity contribution in [3.05, 3.63) is 0 Å². The topological polar surface area (TPSA) is 55.4 Å². The van der Waals surface area contributed by atoms with Crippen LogP contribution in [-0.4, -0.2) is 52.4 Å². The smallest absolute Gasteiger partial charge is 0.372 e. The highest BCUT2D eigenvalue weighted by atomic mass is 32.2. The van der Waals surface area contributed by atoms with Gasteiger partial charge in [-0.15, -0.1) is 0 Å². The molecule has 0 saturated carbocycles. The molecule has 4 nitrogen and oxygen atoms in total. The Morgan fingerprint density at radius 3 is 2.43 bits per heavy atom. The van der Waals surface area contributed by atoms with Crippen LogP contribution in [0.4, 0.5) is 13.2 Å². The maximum Gasteiger partial charge on any atom is 0.411 e. The Bertz CT molecular complexity index is 409. The molecule has 0 aromatic carbocycles. The molecule has 1 heterocycles. The molecule has 126 valence electrons. The summed E-state index contributed by atoms with van der Waals surface area (Å²) < 4.78 is 64.2. The lowest BCUT2D eigenvalue weighted by atomic mass is 9.92. The van der Waals surface area contributed by atoms with Crippen molar-refractivity contribution in [2.45, 2.75) is 26.4 Å². The molecule has 1 rings (SSSR count). The van der Waals surface area contributed by atoms with Crippen LogP contribution in [0.5, 0.6) is 0 Å². The zero-order chi connectivity index (χ0) is 16.1. The zero-order valence-corrected chi connectivity index (χ0v) is 13.3. The highest BCUT2D eigenvalue weighted by Gasteiger charge is 2.34. The number of ether oxygens (including phenoxy) is 1. The van der Waals surface area contributed by atoms with E-state index in [-0.39, 0.29) is 29.9 Å². The second kappa shape index (κ2) is 7.78. The summed E-state index contributed by atoms with van der Waals surface area (Å²) in [5.74, 6) is 0.272. The SMILES string of the molecule is CC(C)CNCC(COCC(F)(F)F)C1CCS(=O)(=O)C1. The second-order valence-corrected chi connectivity index (χ2v) is 8.33. The van der Waals surface area contributed by atoms with Gasteiger partial charge in [0.15, 0.2) is 9.84 Å². The van der Waals surface area contributed by atoms with Crippen LogP contribution in [-0.2, 0) is 14.6 Å². The minimum Gasteiger partial charge on any atom is -0.372 e. The Hall–Kier alpha value is -0.340. The monoisotopic (exact) mass is 331 g/mol. The maximum atomic E-state index is 12.1. The lowest BCUT2D eigenvalue weighted by molar-refractivity contribution is -0.177. The summed E-state index contributed by atoms with van der Waals surface area (Å²) in [5.41, 5.74) is 0. The molecule has 0 spiro atoms. The molecule has 8 heteroatoms. The maximum absolute atomic E-state index is 12.1. The highest BCUT2D eigenvalue weighted by Crippen LogP contribution is 2.26. The van der Waals surface area contributed by atoms with Gasteiger partial charge < -0.3 is 10.1 Å². The van der Waals surface area contributed by atoms with Crippen LogP contribution in [0.2, 0.25) is 0 Å². The van der Waals surface area contributed by atoms with Gasteiger partial charge in [-0.25, -0.2) is 8.42 Å². The van der Waals surface area contributed by atoms with Crippen molar-refractivity contribution in [3.8, 4) is 0 Å². The predicted octanol–water partition coefficient (Wildman–Crippen LogP) is 1.86. The van der Waals surface area contributed by atoms with Gasteiger partial charge in [0, 0.05) is 6.54 Å². The van der Waals surface area contributed by atoms with E-state index in [1.54, 1.807) is 0 Å². The fourth-order valence-corrected chi connectivity index (χ4v) is 4.36. The fraction of sp³-hybridized carbons (Fsp3) is 1.00. The van der Waals surface area contributed by atoms with E-state index in [0.29, 0.717) is 18.9 Å². The molecule has 21 heavy (non-hydrogen) atoms. The van der Waals surface area contributed by atoms with Crippen molar-refractivity contribution in [1.29, 1.82) is 0 Å². The zero-order valence-electron chi connectivity index (χ0n) is 12.4. The molecular weight excluding hydrogens is 307 g/mol. The number of alkyl halides is 3. The summed E-state index contributed by atoms with van der Waals surface area (Å²) in [6.45, 7) is 3.94. The number of rotatable bonds is 8. The van der Waals surface area contributed by atoms with Crippen molar-refractivity contribution < 1.29 is 26.3 Å². The Kier molecular flexibility index (Phi) is 6.93. The van der Waals surface area contributed by atoms with Crippen LogP contribution in [0.15, 0.2) is 0 Å². The molecule has 2 atom stereocenters. The summed E-state index contributed by atoms with van der Waals surface area (Å²) in [4.78, 5) is 0. The molecule has 2 unspecified atom stereocenters. The molecule has 0 amide bonds. The fourth-order valence-electron chi connectivity index (χ4n) is 2.44.